The fourth-order valence-electron chi connectivity index (χ4n) is 5.05. The first kappa shape index (κ1) is 28.6. The van der Waals surface area contributed by atoms with Gasteiger partial charge < -0.3 is 24.6 Å². The number of alkyl halides is 3. The summed E-state index contributed by atoms with van der Waals surface area (Å²) in [6, 6.07) is 19.6. The highest BCUT2D eigenvalue weighted by Gasteiger charge is 2.38. The van der Waals surface area contributed by atoms with Gasteiger partial charge in [-0.05, 0) is 67.1 Å². The maximum absolute atomic E-state index is 13.3. The van der Waals surface area contributed by atoms with E-state index in [2.05, 4.69) is 20.9 Å². The third-order valence-corrected chi connectivity index (χ3v) is 7.12. The number of nitriles is 1. The standard InChI is InChI=1S/C28H25N5O2.C2HF3O2/c29-15-21-7-6-19-13-27(21)35-23-9-8-20-3-1-5-26(24(20)14-23)33-12-10-25(28(33)34)31-11-2-4-22-16-30-18-32(22)17-19;3-2(4,5)1(6)7/h1,3,5-9,13-14,16,18,25,31H,2,4,10-12,17H2;(H,6,7)/t25-;/m1./s1. The molecule has 0 radical (unpaired) electrons. The highest BCUT2D eigenvalue weighted by molar-refractivity contribution is 6.07. The van der Waals surface area contributed by atoms with Crippen LogP contribution in [-0.2, 0) is 22.6 Å². The van der Waals surface area contributed by atoms with Crippen LogP contribution < -0.4 is 15.0 Å². The van der Waals surface area contributed by atoms with E-state index < -0.39 is 12.1 Å². The topological polar surface area (TPSA) is 120 Å². The first-order valence-electron chi connectivity index (χ1n) is 13.2. The van der Waals surface area contributed by atoms with Crippen molar-refractivity contribution >= 4 is 28.3 Å². The van der Waals surface area contributed by atoms with E-state index in [9.17, 15) is 23.2 Å². The molecule has 216 valence electrons. The van der Waals surface area contributed by atoms with Crippen molar-refractivity contribution in [2.24, 2.45) is 0 Å². The minimum atomic E-state index is -5.08. The lowest BCUT2D eigenvalue weighted by Gasteiger charge is -2.20. The lowest BCUT2D eigenvalue weighted by Crippen LogP contribution is -2.39. The molecule has 42 heavy (non-hydrogen) atoms. The van der Waals surface area contributed by atoms with E-state index in [-0.39, 0.29) is 11.9 Å². The molecule has 2 aliphatic rings. The molecular formula is C30H26F3N5O4. The summed E-state index contributed by atoms with van der Waals surface area (Å²) in [5.74, 6) is -1.50. The number of halogens is 3. The Morgan fingerprint density at radius 3 is 2.74 bits per heavy atom. The lowest BCUT2D eigenvalue weighted by molar-refractivity contribution is -0.192. The molecule has 3 heterocycles. The maximum atomic E-state index is 13.3. The SMILES string of the molecule is N#Cc1ccc2cc1Oc1ccc3cccc(c3c1)N1CC[C@@H](NCCCc3cncn3C2)C1=O.O=C(O)C(F)(F)F. The van der Waals surface area contributed by atoms with E-state index in [1.54, 1.807) is 6.07 Å². The van der Waals surface area contributed by atoms with E-state index in [4.69, 9.17) is 14.6 Å². The second-order valence-electron chi connectivity index (χ2n) is 9.91. The summed E-state index contributed by atoms with van der Waals surface area (Å²) in [4.78, 5) is 28.4. The van der Waals surface area contributed by atoms with Crippen molar-refractivity contribution in [2.75, 3.05) is 18.0 Å². The van der Waals surface area contributed by atoms with E-state index in [1.165, 1.54) is 0 Å². The Labute approximate surface area is 238 Å². The average Bonchev–Trinajstić information content (AvgIpc) is 3.56. The van der Waals surface area contributed by atoms with Crippen LogP contribution in [0.15, 0.2) is 67.1 Å². The number of aromatic nitrogens is 2. The lowest BCUT2D eigenvalue weighted by atomic mass is 10.1. The Balaban J connectivity index is 0.000000451. The number of benzene rings is 3. The highest BCUT2D eigenvalue weighted by Crippen LogP contribution is 2.35. The summed E-state index contributed by atoms with van der Waals surface area (Å²) in [7, 11) is 0. The molecule has 2 N–H and O–H groups in total. The number of aryl methyl sites for hydroxylation is 1. The second-order valence-corrected chi connectivity index (χ2v) is 9.91. The van der Waals surface area contributed by atoms with Crippen LogP contribution >= 0.6 is 0 Å². The van der Waals surface area contributed by atoms with Crippen LogP contribution in [0.5, 0.6) is 11.5 Å². The monoisotopic (exact) mass is 577 g/mol. The molecule has 1 atom stereocenters. The quantitative estimate of drug-likeness (QED) is 0.301. The number of carboxylic acids is 1. The number of carboxylic acid groups (broad SMARTS) is 1. The number of carbonyl (C=O) groups excluding carboxylic acids is 1. The van der Waals surface area contributed by atoms with Gasteiger partial charge in [0.25, 0.3) is 0 Å². The number of aliphatic carboxylic acids is 1. The van der Waals surface area contributed by atoms with Gasteiger partial charge >= 0.3 is 12.1 Å². The fourth-order valence-corrected chi connectivity index (χ4v) is 5.05. The molecule has 6 bridgehead atoms. The van der Waals surface area contributed by atoms with Crippen molar-refractivity contribution in [1.29, 1.82) is 5.26 Å². The minimum Gasteiger partial charge on any atom is -0.475 e. The van der Waals surface area contributed by atoms with Gasteiger partial charge in [-0.15, -0.1) is 0 Å². The molecule has 1 amide bonds. The van der Waals surface area contributed by atoms with Gasteiger partial charge in [0.1, 0.15) is 17.6 Å². The Hall–Kier alpha value is -4.89. The van der Waals surface area contributed by atoms with Crippen molar-refractivity contribution in [3.8, 4) is 17.6 Å². The number of anilines is 1. The molecule has 2 aliphatic heterocycles. The Bertz CT molecular complexity index is 1680. The minimum absolute atomic E-state index is 0.106. The van der Waals surface area contributed by atoms with Gasteiger partial charge in [0.15, 0.2) is 0 Å². The number of fused-ring (bicyclic) bond motifs is 7. The summed E-state index contributed by atoms with van der Waals surface area (Å²) in [6.07, 6.45) is 1.20. The molecule has 0 unspecified atom stereocenters. The number of hydrogen-bond acceptors (Lipinski definition) is 6. The molecule has 12 heteroatoms. The van der Waals surface area contributed by atoms with E-state index in [1.807, 2.05) is 66.0 Å². The molecule has 4 aromatic rings. The van der Waals surface area contributed by atoms with Gasteiger partial charge in [-0.3, -0.25) is 4.79 Å². The number of rotatable bonds is 0. The van der Waals surface area contributed by atoms with Gasteiger partial charge in [0, 0.05) is 30.4 Å². The van der Waals surface area contributed by atoms with Crippen LogP contribution in [0.25, 0.3) is 10.8 Å². The molecule has 1 aromatic heterocycles. The normalized spacial score (nSPS) is 16.9. The Morgan fingerprint density at radius 1 is 1.17 bits per heavy atom. The molecule has 1 fully saturated rings. The molecular weight excluding hydrogens is 551 g/mol. The van der Waals surface area contributed by atoms with E-state index in [0.717, 1.165) is 53.5 Å². The third-order valence-electron chi connectivity index (χ3n) is 7.12. The number of carbonyl (C=O) groups is 2. The molecule has 0 saturated carbocycles. The zero-order chi connectivity index (χ0) is 29.9. The van der Waals surface area contributed by atoms with Crippen LogP contribution in [0.3, 0.4) is 0 Å². The Kier molecular flexibility index (Phi) is 8.13. The number of ether oxygens (including phenoxy) is 1. The first-order chi connectivity index (χ1) is 20.1. The van der Waals surface area contributed by atoms with Crippen LogP contribution in [0.4, 0.5) is 18.9 Å². The molecule has 9 nitrogen and oxygen atoms in total. The fraction of sp³-hybridized carbons (Fsp3) is 0.267. The van der Waals surface area contributed by atoms with Crippen LogP contribution in [-0.4, -0.2) is 51.8 Å². The number of amides is 1. The maximum Gasteiger partial charge on any atom is 0.490 e. The smallest absolute Gasteiger partial charge is 0.475 e. The summed E-state index contributed by atoms with van der Waals surface area (Å²) >= 11 is 0. The molecule has 0 spiro atoms. The second kappa shape index (κ2) is 11.9. The molecule has 6 rings (SSSR count). The van der Waals surface area contributed by atoms with Crippen molar-refractivity contribution in [1.82, 2.24) is 14.9 Å². The highest BCUT2D eigenvalue weighted by atomic mass is 19.4. The summed E-state index contributed by atoms with van der Waals surface area (Å²) in [5.41, 5.74) is 3.54. The molecule has 1 saturated heterocycles. The van der Waals surface area contributed by atoms with Gasteiger partial charge in [0.05, 0.1) is 23.6 Å². The largest absolute Gasteiger partial charge is 0.490 e. The van der Waals surface area contributed by atoms with Crippen molar-refractivity contribution in [2.45, 2.75) is 38.0 Å². The average molecular weight is 578 g/mol. The van der Waals surface area contributed by atoms with Gasteiger partial charge in [-0.2, -0.15) is 18.4 Å². The Morgan fingerprint density at radius 2 is 1.98 bits per heavy atom. The van der Waals surface area contributed by atoms with Crippen molar-refractivity contribution in [3.05, 3.63) is 83.9 Å². The van der Waals surface area contributed by atoms with Crippen LogP contribution in [0, 0.1) is 11.3 Å². The van der Waals surface area contributed by atoms with E-state index >= 15 is 0 Å². The van der Waals surface area contributed by atoms with Crippen molar-refractivity contribution in [3.63, 3.8) is 0 Å². The van der Waals surface area contributed by atoms with Gasteiger partial charge in [-0.25, -0.2) is 9.78 Å². The number of imidazole rings is 1. The zero-order valence-corrected chi connectivity index (χ0v) is 22.3. The number of nitrogens with one attached hydrogen (secondary N) is 1. The van der Waals surface area contributed by atoms with Crippen LogP contribution in [0.1, 0.15) is 29.7 Å². The summed E-state index contributed by atoms with van der Waals surface area (Å²) < 4.78 is 40.1. The van der Waals surface area contributed by atoms with E-state index in [0.29, 0.717) is 30.2 Å². The van der Waals surface area contributed by atoms with Crippen molar-refractivity contribution < 1.29 is 32.6 Å². The molecule has 3 aromatic carbocycles. The number of nitrogens with zero attached hydrogens (tertiary/aromatic N) is 4. The van der Waals surface area contributed by atoms with Crippen LogP contribution in [0.2, 0.25) is 0 Å². The third kappa shape index (κ3) is 6.21. The predicted molar refractivity (Wildman–Crippen MR) is 147 cm³/mol. The predicted octanol–water partition coefficient (Wildman–Crippen LogP) is 5.02. The summed E-state index contributed by atoms with van der Waals surface area (Å²) in [5, 5.41) is 22.3. The zero-order valence-electron chi connectivity index (χ0n) is 22.3. The molecule has 0 aliphatic carbocycles. The number of hydrogen-bond donors (Lipinski definition) is 2. The first-order valence-corrected chi connectivity index (χ1v) is 13.2. The van der Waals surface area contributed by atoms with Gasteiger partial charge in [-0.1, -0.05) is 24.3 Å². The summed E-state index contributed by atoms with van der Waals surface area (Å²) in [6.45, 7) is 2.08. The van der Waals surface area contributed by atoms with Gasteiger partial charge in [0.2, 0.25) is 5.91 Å².